The number of carbonyl (C=O) groups excluding carboxylic acids is 1. The summed E-state index contributed by atoms with van der Waals surface area (Å²) in [4.78, 5) is 15.8. The predicted molar refractivity (Wildman–Crippen MR) is 72.0 cm³/mol. The largest absolute Gasteiger partial charge is 0.481 e. The van der Waals surface area contributed by atoms with E-state index in [9.17, 15) is 9.18 Å². The third kappa shape index (κ3) is 3.91. The number of rotatable bonds is 5. The van der Waals surface area contributed by atoms with Gasteiger partial charge in [0, 0.05) is 32.7 Å². The van der Waals surface area contributed by atoms with E-state index in [2.05, 4.69) is 4.90 Å². The van der Waals surface area contributed by atoms with E-state index in [1.54, 1.807) is 17.0 Å². The molecule has 1 heterocycles. The van der Waals surface area contributed by atoms with Gasteiger partial charge in [-0.1, -0.05) is 12.1 Å². The standard InChI is InChI=1S/C14H19FN2O3/c15-12-3-1-2-4-13(12)20-11-14(19)17-7-5-16(6-8-17)9-10-18/h1-4,18H,5-11H2. The molecule has 5 nitrogen and oxygen atoms in total. The molecular formula is C14H19FN2O3. The van der Waals surface area contributed by atoms with E-state index in [1.165, 1.54) is 12.1 Å². The first-order valence-corrected chi connectivity index (χ1v) is 6.69. The zero-order valence-electron chi connectivity index (χ0n) is 11.3. The molecule has 0 aliphatic carbocycles. The number of amides is 1. The molecule has 1 saturated heterocycles. The number of halogens is 1. The van der Waals surface area contributed by atoms with E-state index >= 15 is 0 Å². The van der Waals surface area contributed by atoms with Crippen LogP contribution in [0.25, 0.3) is 0 Å². The minimum absolute atomic E-state index is 0.0970. The fraction of sp³-hybridized carbons (Fsp3) is 0.500. The van der Waals surface area contributed by atoms with Gasteiger partial charge in [-0.3, -0.25) is 9.69 Å². The van der Waals surface area contributed by atoms with Crippen molar-refractivity contribution in [2.45, 2.75) is 0 Å². The lowest BCUT2D eigenvalue weighted by Gasteiger charge is -2.34. The van der Waals surface area contributed by atoms with Crippen molar-refractivity contribution < 1.29 is 19.0 Å². The lowest BCUT2D eigenvalue weighted by Crippen LogP contribution is -2.50. The van der Waals surface area contributed by atoms with Crippen molar-refractivity contribution in [2.24, 2.45) is 0 Å². The zero-order chi connectivity index (χ0) is 14.4. The summed E-state index contributed by atoms with van der Waals surface area (Å²) >= 11 is 0. The number of aliphatic hydroxyl groups excluding tert-OH is 1. The number of benzene rings is 1. The van der Waals surface area contributed by atoms with Crippen molar-refractivity contribution in [1.29, 1.82) is 0 Å². The first-order chi connectivity index (χ1) is 9.70. The summed E-state index contributed by atoms with van der Waals surface area (Å²) in [5, 5.41) is 8.85. The normalized spacial score (nSPS) is 16.2. The predicted octanol–water partition coefficient (Wildman–Crippen LogP) is 0.341. The van der Waals surface area contributed by atoms with Crippen LogP contribution in [-0.4, -0.2) is 66.8 Å². The van der Waals surface area contributed by atoms with Crippen molar-refractivity contribution in [1.82, 2.24) is 9.80 Å². The fourth-order valence-corrected chi connectivity index (χ4v) is 2.15. The van der Waals surface area contributed by atoms with Gasteiger partial charge in [0.05, 0.1) is 6.61 Å². The van der Waals surface area contributed by atoms with Crippen LogP contribution in [0.4, 0.5) is 4.39 Å². The van der Waals surface area contributed by atoms with Crippen molar-refractivity contribution in [3.8, 4) is 5.75 Å². The maximum absolute atomic E-state index is 13.3. The molecule has 6 heteroatoms. The molecule has 110 valence electrons. The molecule has 1 aromatic carbocycles. The summed E-state index contributed by atoms with van der Waals surface area (Å²) in [7, 11) is 0. The van der Waals surface area contributed by atoms with Crippen LogP contribution in [0.15, 0.2) is 24.3 Å². The number of carbonyl (C=O) groups is 1. The Bertz CT molecular complexity index is 448. The van der Waals surface area contributed by atoms with Gasteiger partial charge in [0.1, 0.15) is 0 Å². The summed E-state index contributed by atoms with van der Waals surface area (Å²) in [6, 6.07) is 6.04. The molecule has 1 aromatic rings. The van der Waals surface area contributed by atoms with Gasteiger partial charge in [0.25, 0.3) is 5.91 Å². The molecule has 1 aliphatic rings. The third-order valence-corrected chi connectivity index (χ3v) is 3.33. The topological polar surface area (TPSA) is 53.0 Å². The van der Waals surface area contributed by atoms with Gasteiger partial charge in [-0.05, 0) is 12.1 Å². The van der Waals surface area contributed by atoms with Gasteiger partial charge in [0.2, 0.25) is 0 Å². The molecule has 0 bridgehead atoms. The second-order valence-electron chi connectivity index (χ2n) is 4.67. The van der Waals surface area contributed by atoms with Crippen LogP contribution in [0.2, 0.25) is 0 Å². The Morgan fingerprint density at radius 2 is 1.95 bits per heavy atom. The van der Waals surface area contributed by atoms with Crippen LogP contribution in [0.3, 0.4) is 0 Å². The zero-order valence-corrected chi connectivity index (χ0v) is 11.3. The van der Waals surface area contributed by atoms with Crippen LogP contribution < -0.4 is 4.74 Å². The van der Waals surface area contributed by atoms with Crippen molar-refractivity contribution in [3.63, 3.8) is 0 Å². The molecule has 0 unspecified atom stereocenters. The van der Waals surface area contributed by atoms with E-state index in [0.29, 0.717) is 19.6 Å². The first-order valence-electron chi connectivity index (χ1n) is 6.69. The van der Waals surface area contributed by atoms with Crippen molar-refractivity contribution in [2.75, 3.05) is 45.9 Å². The van der Waals surface area contributed by atoms with Gasteiger partial charge in [-0.2, -0.15) is 0 Å². The monoisotopic (exact) mass is 282 g/mol. The molecule has 0 radical (unpaired) electrons. The van der Waals surface area contributed by atoms with Crippen LogP contribution in [0.1, 0.15) is 0 Å². The lowest BCUT2D eigenvalue weighted by molar-refractivity contribution is -0.135. The summed E-state index contributed by atoms with van der Waals surface area (Å²) in [6.07, 6.45) is 0. The maximum atomic E-state index is 13.3. The van der Waals surface area contributed by atoms with Gasteiger partial charge < -0.3 is 14.7 Å². The van der Waals surface area contributed by atoms with Gasteiger partial charge in [0.15, 0.2) is 18.2 Å². The number of aliphatic hydroxyl groups is 1. The number of hydrogen-bond donors (Lipinski definition) is 1. The average molecular weight is 282 g/mol. The summed E-state index contributed by atoms with van der Waals surface area (Å²) in [5.74, 6) is -0.510. The average Bonchev–Trinajstić information content (AvgIpc) is 2.47. The molecule has 0 spiro atoms. The van der Waals surface area contributed by atoms with Crippen LogP contribution in [-0.2, 0) is 4.79 Å². The third-order valence-electron chi connectivity index (χ3n) is 3.33. The highest BCUT2D eigenvalue weighted by atomic mass is 19.1. The van der Waals surface area contributed by atoms with Crippen LogP contribution >= 0.6 is 0 Å². The van der Waals surface area contributed by atoms with E-state index in [-0.39, 0.29) is 24.9 Å². The summed E-state index contributed by atoms with van der Waals surface area (Å²) in [6.45, 7) is 3.32. The molecule has 1 fully saturated rings. The Labute approximate surface area is 117 Å². The molecule has 1 amide bonds. The molecule has 0 atom stereocenters. The smallest absolute Gasteiger partial charge is 0.260 e. The minimum atomic E-state index is -0.465. The number of piperazine rings is 1. The van der Waals surface area contributed by atoms with Gasteiger partial charge >= 0.3 is 0 Å². The van der Waals surface area contributed by atoms with Gasteiger partial charge in [-0.15, -0.1) is 0 Å². The second-order valence-corrected chi connectivity index (χ2v) is 4.67. The summed E-state index contributed by atoms with van der Waals surface area (Å²) in [5.41, 5.74) is 0. The minimum Gasteiger partial charge on any atom is -0.481 e. The molecule has 1 aliphatic heterocycles. The molecule has 0 saturated carbocycles. The first kappa shape index (κ1) is 14.7. The Balaban J connectivity index is 1.77. The maximum Gasteiger partial charge on any atom is 0.260 e. The second kappa shape index (κ2) is 7.21. The van der Waals surface area contributed by atoms with Crippen molar-refractivity contribution in [3.05, 3.63) is 30.1 Å². The number of nitrogens with zero attached hydrogens (tertiary/aromatic N) is 2. The van der Waals surface area contributed by atoms with E-state index < -0.39 is 5.82 Å². The van der Waals surface area contributed by atoms with E-state index in [4.69, 9.17) is 9.84 Å². The highest BCUT2D eigenvalue weighted by Gasteiger charge is 2.21. The summed E-state index contributed by atoms with van der Waals surface area (Å²) < 4.78 is 18.5. The van der Waals surface area contributed by atoms with E-state index in [0.717, 1.165) is 13.1 Å². The number of hydrogen-bond acceptors (Lipinski definition) is 4. The lowest BCUT2D eigenvalue weighted by atomic mass is 10.3. The van der Waals surface area contributed by atoms with Gasteiger partial charge in [-0.25, -0.2) is 4.39 Å². The quantitative estimate of drug-likeness (QED) is 0.846. The molecular weight excluding hydrogens is 263 g/mol. The highest BCUT2D eigenvalue weighted by Crippen LogP contribution is 2.15. The number of para-hydroxylation sites is 1. The highest BCUT2D eigenvalue weighted by molar-refractivity contribution is 5.77. The Kier molecular flexibility index (Phi) is 5.31. The van der Waals surface area contributed by atoms with E-state index in [1.807, 2.05) is 0 Å². The number of β-amino-alcohol motifs (C(OH)–C–C–N with tert-alkyl or cyclic N) is 1. The fourth-order valence-electron chi connectivity index (χ4n) is 2.15. The number of ether oxygens (including phenoxy) is 1. The molecule has 20 heavy (non-hydrogen) atoms. The molecule has 0 aromatic heterocycles. The molecule has 1 N–H and O–H groups in total. The molecule has 2 rings (SSSR count). The Morgan fingerprint density at radius 3 is 2.60 bits per heavy atom. The van der Waals surface area contributed by atoms with Crippen molar-refractivity contribution >= 4 is 5.91 Å². The Morgan fingerprint density at radius 1 is 1.25 bits per heavy atom. The SMILES string of the molecule is O=C(COc1ccccc1F)N1CCN(CCO)CC1. The van der Waals surface area contributed by atoms with Crippen LogP contribution in [0, 0.1) is 5.82 Å². The Hall–Kier alpha value is -1.66. The van der Waals surface area contributed by atoms with Crippen LogP contribution in [0.5, 0.6) is 5.75 Å².